The number of hydrogen-bond donors (Lipinski definition) is 2. The first-order valence-corrected chi connectivity index (χ1v) is 12.2. The van der Waals surface area contributed by atoms with E-state index in [1.807, 2.05) is 40.7 Å². The highest BCUT2D eigenvalue weighted by molar-refractivity contribution is 6.05. The number of aliphatic hydroxyl groups excluding tert-OH is 1. The fourth-order valence-electron chi connectivity index (χ4n) is 5.22. The van der Waals surface area contributed by atoms with Crippen LogP contribution in [0.4, 0.5) is 31.8 Å². The largest absolute Gasteiger partial charge is 0.368 e. The summed E-state index contributed by atoms with van der Waals surface area (Å²) in [5.41, 5.74) is 9.59. The fraction of sp³-hybridized carbons (Fsp3) is 0.385. The number of aliphatic hydroxyl groups is 1. The van der Waals surface area contributed by atoms with Crippen LogP contribution in [0.2, 0.25) is 0 Å². The number of rotatable bonds is 3. The fourth-order valence-corrected chi connectivity index (χ4v) is 5.22. The predicted molar refractivity (Wildman–Crippen MR) is 139 cm³/mol. The Morgan fingerprint density at radius 3 is 2.59 bits per heavy atom. The number of pyridine rings is 1. The predicted octanol–water partition coefficient (Wildman–Crippen LogP) is 4.06. The molecule has 1 saturated carbocycles. The molecule has 9 nitrogen and oxygen atoms in total. The van der Waals surface area contributed by atoms with E-state index in [0.717, 1.165) is 48.0 Å². The number of aryl methyl sites for hydroxylation is 1. The number of anilines is 4. The molecule has 11 heteroatoms. The Labute approximate surface area is 212 Å². The maximum absolute atomic E-state index is 14.0. The zero-order valence-corrected chi connectivity index (χ0v) is 20.6. The minimum Gasteiger partial charge on any atom is -0.368 e. The summed E-state index contributed by atoms with van der Waals surface area (Å²) in [6.07, 6.45) is 8.28. The van der Waals surface area contributed by atoms with E-state index in [9.17, 15) is 18.4 Å². The molecule has 2 aliphatic rings. The van der Waals surface area contributed by atoms with Crippen molar-refractivity contribution in [1.82, 2.24) is 14.5 Å². The molecule has 0 unspecified atom stereocenters. The molecule has 1 fully saturated rings. The average molecular weight is 513 g/mol. The lowest BCUT2D eigenvalue weighted by Gasteiger charge is -2.38. The molecule has 0 spiro atoms. The second kappa shape index (κ2) is 11.0. The van der Waals surface area contributed by atoms with Gasteiger partial charge in [0.25, 0.3) is 11.5 Å². The van der Waals surface area contributed by atoms with Gasteiger partial charge in [-0.1, -0.05) is 38.0 Å². The molecule has 1 aliphatic carbocycles. The van der Waals surface area contributed by atoms with E-state index in [4.69, 9.17) is 10.8 Å². The standard InChI is InChI=1S/C25H28N6O2.CH2F2O/c1-3-21(32)30-13-12-29(19-11-7-8-16(2)22(19)30)20-14-17-15-27-25(26)28-23(17)31(24(20)33)18-9-5-4-6-10-18;2-1(3)4/h3,7-8,11,14-15,18H,1,4-6,9-10,12-13H2,2H3,(H2,26,27,28);1,4H. The Morgan fingerprint density at radius 1 is 1.22 bits per heavy atom. The van der Waals surface area contributed by atoms with E-state index in [-0.39, 0.29) is 23.5 Å². The molecule has 0 bridgehead atoms. The third-order valence-corrected chi connectivity index (χ3v) is 6.77. The molecule has 0 saturated heterocycles. The molecule has 1 amide bonds. The molecule has 0 atom stereocenters. The number of halogens is 2. The average Bonchev–Trinajstić information content (AvgIpc) is 2.88. The van der Waals surface area contributed by atoms with Crippen molar-refractivity contribution in [2.24, 2.45) is 0 Å². The number of carbonyl (C=O) groups excluding carboxylic acids is 1. The van der Waals surface area contributed by atoms with Crippen molar-refractivity contribution in [3.05, 3.63) is 59.0 Å². The molecule has 5 rings (SSSR count). The number of amides is 1. The summed E-state index contributed by atoms with van der Waals surface area (Å²) in [6, 6.07) is 7.83. The smallest absolute Gasteiger partial charge is 0.342 e. The number of nitrogens with zero attached hydrogens (tertiary/aromatic N) is 5. The SMILES string of the molecule is C=CC(=O)N1CCN(c2cc3cnc(N)nc3n(C3CCCCC3)c2=O)c2cccc(C)c21.OC(F)F. The number of alkyl halides is 2. The van der Waals surface area contributed by atoms with Crippen LogP contribution in [0.1, 0.15) is 43.7 Å². The number of hydrogen-bond acceptors (Lipinski definition) is 7. The Hall–Kier alpha value is -3.86. The molecule has 1 aromatic carbocycles. The summed E-state index contributed by atoms with van der Waals surface area (Å²) in [6.45, 7) is 3.42. The Kier molecular flexibility index (Phi) is 7.82. The van der Waals surface area contributed by atoms with Gasteiger partial charge in [0.05, 0.1) is 11.4 Å². The monoisotopic (exact) mass is 512 g/mol. The maximum atomic E-state index is 14.0. The van der Waals surface area contributed by atoms with Crippen LogP contribution >= 0.6 is 0 Å². The van der Waals surface area contributed by atoms with Gasteiger partial charge < -0.3 is 20.6 Å². The zero-order chi connectivity index (χ0) is 26.7. The molecule has 3 aromatic rings. The number of nitrogens with two attached hydrogens (primary N) is 1. The van der Waals surface area contributed by atoms with Crippen LogP contribution in [0.3, 0.4) is 0 Å². The minimum atomic E-state index is -3.17. The van der Waals surface area contributed by atoms with E-state index < -0.39 is 6.61 Å². The highest BCUT2D eigenvalue weighted by atomic mass is 19.3. The lowest BCUT2D eigenvalue weighted by Crippen LogP contribution is -2.44. The number of nitrogen functional groups attached to an aromatic ring is 1. The molecule has 3 N–H and O–H groups in total. The lowest BCUT2D eigenvalue weighted by atomic mass is 9.95. The van der Waals surface area contributed by atoms with Gasteiger partial charge in [0.2, 0.25) is 5.95 Å². The zero-order valence-electron chi connectivity index (χ0n) is 20.6. The van der Waals surface area contributed by atoms with Crippen LogP contribution in [-0.2, 0) is 4.79 Å². The van der Waals surface area contributed by atoms with Crippen LogP contribution in [0, 0.1) is 6.92 Å². The summed E-state index contributed by atoms with van der Waals surface area (Å²) in [5, 5.41) is 7.50. The van der Waals surface area contributed by atoms with Gasteiger partial charge in [-0.25, -0.2) is 4.98 Å². The van der Waals surface area contributed by atoms with E-state index in [1.165, 1.54) is 12.5 Å². The van der Waals surface area contributed by atoms with Gasteiger partial charge in [-0.2, -0.15) is 13.8 Å². The van der Waals surface area contributed by atoms with Gasteiger partial charge in [-0.15, -0.1) is 0 Å². The van der Waals surface area contributed by atoms with Gasteiger partial charge in [0.15, 0.2) is 0 Å². The van der Waals surface area contributed by atoms with Crippen LogP contribution in [0.15, 0.2) is 47.9 Å². The molecule has 37 heavy (non-hydrogen) atoms. The third kappa shape index (κ3) is 5.31. The minimum absolute atomic E-state index is 0.0801. The number of benzene rings is 1. The second-order valence-corrected chi connectivity index (χ2v) is 9.07. The van der Waals surface area contributed by atoms with Crippen LogP contribution in [-0.4, -0.2) is 45.2 Å². The number of fused-ring (bicyclic) bond motifs is 2. The highest BCUT2D eigenvalue weighted by Gasteiger charge is 2.31. The van der Waals surface area contributed by atoms with Crippen molar-refractivity contribution in [3.8, 4) is 0 Å². The van der Waals surface area contributed by atoms with Crippen molar-refractivity contribution in [3.63, 3.8) is 0 Å². The first-order chi connectivity index (χ1) is 17.7. The van der Waals surface area contributed by atoms with Crippen LogP contribution in [0.5, 0.6) is 0 Å². The van der Waals surface area contributed by atoms with Crippen LogP contribution < -0.4 is 21.1 Å². The number of para-hydroxylation sites is 1. The quantitative estimate of drug-likeness (QED) is 0.508. The molecule has 2 aromatic heterocycles. The summed E-state index contributed by atoms with van der Waals surface area (Å²) in [4.78, 5) is 38.9. The molecule has 0 radical (unpaired) electrons. The Balaban J connectivity index is 0.000000747. The highest BCUT2D eigenvalue weighted by Crippen LogP contribution is 2.40. The van der Waals surface area contributed by atoms with Crippen molar-refractivity contribution < 1.29 is 18.7 Å². The summed E-state index contributed by atoms with van der Waals surface area (Å²) >= 11 is 0. The van der Waals surface area contributed by atoms with Crippen molar-refractivity contribution in [1.29, 1.82) is 0 Å². The van der Waals surface area contributed by atoms with Gasteiger partial charge in [-0.05, 0) is 43.5 Å². The molecule has 196 valence electrons. The molecule has 1 aliphatic heterocycles. The first kappa shape index (κ1) is 26.2. The van der Waals surface area contributed by atoms with Crippen LogP contribution in [0.25, 0.3) is 11.0 Å². The normalized spacial score (nSPS) is 15.8. The maximum Gasteiger partial charge on any atom is 0.342 e. The van der Waals surface area contributed by atoms with Gasteiger partial charge in [0, 0.05) is 30.7 Å². The lowest BCUT2D eigenvalue weighted by molar-refractivity contribution is -0.114. The van der Waals surface area contributed by atoms with E-state index >= 15 is 0 Å². The summed E-state index contributed by atoms with van der Waals surface area (Å²) in [7, 11) is 0. The van der Waals surface area contributed by atoms with Gasteiger partial charge >= 0.3 is 6.61 Å². The topological polar surface area (TPSA) is 118 Å². The Bertz CT molecular complexity index is 1370. The number of aromatic nitrogens is 3. The van der Waals surface area contributed by atoms with E-state index in [2.05, 4.69) is 16.5 Å². The Morgan fingerprint density at radius 2 is 1.92 bits per heavy atom. The molecular weight excluding hydrogens is 482 g/mol. The van der Waals surface area contributed by atoms with Crippen molar-refractivity contribution in [2.75, 3.05) is 28.6 Å². The summed E-state index contributed by atoms with van der Waals surface area (Å²) < 4.78 is 21.6. The molecule has 3 heterocycles. The third-order valence-electron chi connectivity index (χ3n) is 6.77. The summed E-state index contributed by atoms with van der Waals surface area (Å²) in [5.74, 6) is 0.0175. The molecular formula is C26H30F2N6O3. The number of carbonyl (C=O) groups is 1. The van der Waals surface area contributed by atoms with E-state index in [0.29, 0.717) is 24.4 Å². The van der Waals surface area contributed by atoms with Gasteiger partial charge in [0.1, 0.15) is 11.3 Å². The van der Waals surface area contributed by atoms with Gasteiger partial charge in [-0.3, -0.25) is 14.2 Å². The van der Waals surface area contributed by atoms with Crippen molar-refractivity contribution >= 4 is 40.0 Å². The first-order valence-electron chi connectivity index (χ1n) is 12.2. The van der Waals surface area contributed by atoms with Crippen molar-refractivity contribution in [2.45, 2.75) is 51.7 Å². The second-order valence-electron chi connectivity index (χ2n) is 9.07. The van der Waals surface area contributed by atoms with E-state index in [1.54, 1.807) is 11.1 Å².